The van der Waals surface area contributed by atoms with Crippen molar-refractivity contribution in [2.45, 2.75) is 6.92 Å². The van der Waals surface area contributed by atoms with E-state index in [4.69, 9.17) is 9.26 Å². The lowest BCUT2D eigenvalue weighted by atomic mass is 10.2. The third kappa shape index (κ3) is 4.35. The van der Waals surface area contributed by atoms with Gasteiger partial charge in [-0.1, -0.05) is 5.16 Å². The second-order valence-electron chi connectivity index (χ2n) is 5.33. The summed E-state index contributed by atoms with van der Waals surface area (Å²) in [5.74, 6) is 1.63. The highest BCUT2D eigenvalue weighted by molar-refractivity contribution is 5.72. The quantitative estimate of drug-likeness (QED) is 0.670. The van der Waals surface area contributed by atoms with E-state index in [1.165, 1.54) is 6.92 Å². The third-order valence-electron chi connectivity index (χ3n) is 3.40. The van der Waals surface area contributed by atoms with E-state index in [1.54, 1.807) is 36.4 Å². The minimum absolute atomic E-state index is 0.0829. The average Bonchev–Trinajstić information content (AvgIpc) is 3.10. The molecule has 2 N–H and O–H groups in total. The van der Waals surface area contributed by atoms with Gasteiger partial charge >= 0.3 is 0 Å². The van der Waals surface area contributed by atoms with Gasteiger partial charge in [0.25, 0.3) is 5.89 Å². The molecule has 1 amide bonds. The number of rotatable bonds is 6. The Kier molecular flexibility index (Phi) is 4.94. The summed E-state index contributed by atoms with van der Waals surface area (Å²) in [7, 11) is 0. The van der Waals surface area contributed by atoms with Crippen molar-refractivity contribution in [3.05, 3.63) is 48.5 Å². The Morgan fingerprint density at radius 1 is 1.12 bits per heavy atom. The molecule has 7 heteroatoms. The number of aromatic nitrogens is 2. The molecule has 0 atom stereocenters. The first kappa shape index (κ1) is 16.5. The number of carbonyl (C=O) groups is 1. The number of phenols is 1. The Balaban J connectivity index is 1.64. The molecule has 7 nitrogen and oxygen atoms in total. The zero-order valence-corrected chi connectivity index (χ0v) is 13.6. The minimum Gasteiger partial charge on any atom is -0.508 e. The van der Waals surface area contributed by atoms with Crippen LogP contribution in [0, 0.1) is 0 Å². The smallest absolute Gasteiger partial charge is 0.258 e. The monoisotopic (exact) mass is 339 g/mol. The van der Waals surface area contributed by atoms with Crippen LogP contribution < -0.4 is 10.1 Å². The van der Waals surface area contributed by atoms with Gasteiger partial charge in [-0.15, -0.1) is 0 Å². The van der Waals surface area contributed by atoms with E-state index in [0.717, 1.165) is 11.1 Å². The van der Waals surface area contributed by atoms with Crippen LogP contribution in [0.4, 0.5) is 0 Å². The number of benzene rings is 2. The van der Waals surface area contributed by atoms with Gasteiger partial charge in [0.15, 0.2) is 0 Å². The second kappa shape index (κ2) is 7.48. The maximum Gasteiger partial charge on any atom is 0.258 e. The van der Waals surface area contributed by atoms with Crippen molar-refractivity contribution in [1.29, 1.82) is 0 Å². The van der Waals surface area contributed by atoms with E-state index < -0.39 is 0 Å². The zero-order valence-electron chi connectivity index (χ0n) is 13.6. The summed E-state index contributed by atoms with van der Waals surface area (Å²) in [4.78, 5) is 15.1. The SMILES string of the molecule is CC(=O)NCCOc1ccc(-c2noc(-c3ccc(O)cc3)n2)cc1. The van der Waals surface area contributed by atoms with Crippen LogP contribution in [0.25, 0.3) is 22.8 Å². The number of amides is 1. The van der Waals surface area contributed by atoms with Gasteiger partial charge in [-0.3, -0.25) is 4.79 Å². The number of ether oxygens (including phenoxy) is 1. The van der Waals surface area contributed by atoms with Crippen LogP contribution in [0.2, 0.25) is 0 Å². The highest BCUT2D eigenvalue weighted by atomic mass is 16.5. The molecule has 128 valence electrons. The first-order valence-corrected chi connectivity index (χ1v) is 7.72. The van der Waals surface area contributed by atoms with Crippen LogP contribution in [0.15, 0.2) is 53.1 Å². The fourth-order valence-corrected chi connectivity index (χ4v) is 2.16. The Morgan fingerprint density at radius 2 is 1.80 bits per heavy atom. The van der Waals surface area contributed by atoms with Crippen molar-refractivity contribution in [3.63, 3.8) is 0 Å². The van der Waals surface area contributed by atoms with E-state index >= 15 is 0 Å². The average molecular weight is 339 g/mol. The molecule has 0 fully saturated rings. The van der Waals surface area contributed by atoms with Crippen molar-refractivity contribution >= 4 is 5.91 Å². The van der Waals surface area contributed by atoms with Crippen LogP contribution in [0.5, 0.6) is 11.5 Å². The molecule has 1 heterocycles. The lowest BCUT2D eigenvalue weighted by molar-refractivity contribution is -0.119. The summed E-state index contributed by atoms with van der Waals surface area (Å²) < 4.78 is 10.8. The normalized spacial score (nSPS) is 10.4. The maximum atomic E-state index is 10.8. The van der Waals surface area contributed by atoms with Gasteiger partial charge in [-0.05, 0) is 48.5 Å². The third-order valence-corrected chi connectivity index (χ3v) is 3.40. The molecule has 0 aliphatic heterocycles. The van der Waals surface area contributed by atoms with E-state index in [0.29, 0.717) is 30.6 Å². The van der Waals surface area contributed by atoms with Gasteiger partial charge in [0, 0.05) is 18.1 Å². The first-order chi connectivity index (χ1) is 12.1. The van der Waals surface area contributed by atoms with Gasteiger partial charge < -0.3 is 19.7 Å². The van der Waals surface area contributed by atoms with Gasteiger partial charge in [-0.2, -0.15) is 4.98 Å². The highest BCUT2D eigenvalue weighted by Crippen LogP contribution is 2.25. The number of hydrogen-bond donors (Lipinski definition) is 2. The number of nitrogens with one attached hydrogen (secondary N) is 1. The highest BCUT2D eigenvalue weighted by Gasteiger charge is 2.10. The Morgan fingerprint density at radius 3 is 2.48 bits per heavy atom. The molecule has 0 radical (unpaired) electrons. The van der Waals surface area contributed by atoms with Gasteiger partial charge in [0.05, 0.1) is 6.54 Å². The molecule has 0 aliphatic carbocycles. The molecule has 0 unspecified atom stereocenters. The molecule has 0 spiro atoms. The van der Waals surface area contributed by atoms with Gasteiger partial charge in [-0.25, -0.2) is 0 Å². The predicted octanol–water partition coefficient (Wildman–Crippen LogP) is 2.62. The van der Waals surface area contributed by atoms with Crippen LogP contribution in [0.1, 0.15) is 6.92 Å². The van der Waals surface area contributed by atoms with E-state index in [1.807, 2.05) is 12.1 Å². The predicted molar refractivity (Wildman–Crippen MR) is 91.0 cm³/mol. The van der Waals surface area contributed by atoms with Crippen molar-refractivity contribution < 1.29 is 19.2 Å². The molecule has 0 saturated carbocycles. The molecular formula is C18H17N3O4. The summed E-state index contributed by atoms with van der Waals surface area (Å²) in [5, 5.41) is 16.0. The van der Waals surface area contributed by atoms with E-state index in [2.05, 4.69) is 15.5 Å². The molecule has 1 aromatic heterocycles. The van der Waals surface area contributed by atoms with E-state index in [9.17, 15) is 9.90 Å². The van der Waals surface area contributed by atoms with Crippen LogP contribution in [-0.2, 0) is 4.79 Å². The summed E-state index contributed by atoms with van der Waals surface area (Å²) in [6.45, 7) is 2.32. The minimum atomic E-state index is -0.0829. The second-order valence-corrected chi connectivity index (χ2v) is 5.33. The van der Waals surface area contributed by atoms with Crippen molar-refractivity contribution in [2.24, 2.45) is 0 Å². The summed E-state index contributed by atoms with van der Waals surface area (Å²) in [6.07, 6.45) is 0. The number of aromatic hydroxyl groups is 1. The van der Waals surface area contributed by atoms with Crippen LogP contribution >= 0.6 is 0 Å². The Labute approximate surface area is 144 Å². The zero-order chi connectivity index (χ0) is 17.6. The van der Waals surface area contributed by atoms with Gasteiger partial charge in [0.1, 0.15) is 18.1 Å². The summed E-state index contributed by atoms with van der Waals surface area (Å²) >= 11 is 0. The number of nitrogens with zero attached hydrogens (tertiary/aromatic N) is 2. The van der Waals surface area contributed by atoms with Crippen LogP contribution in [-0.4, -0.2) is 34.3 Å². The molecular weight excluding hydrogens is 322 g/mol. The lowest BCUT2D eigenvalue weighted by Crippen LogP contribution is -2.25. The summed E-state index contributed by atoms with van der Waals surface area (Å²) in [5.41, 5.74) is 1.53. The standard InChI is InChI=1S/C18H17N3O4/c1-12(22)19-10-11-24-16-8-4-13(5-9-16)17-20-18(25-21-17)14-2-6-15(23)7-3-14/h2-9,23H,10-11H2,1H3,(H,19,22). The van der Waals surface area contributed by atoms with E-state index in [-0.39, 0.29) is 11.7 Å². The molecule has 25 heavy (non-hydrogen) atoms. The molecule has 0 bridgehead atoms. The number of hydrogen-bond acceptors (Lipinski definition) is 6. The Hall–Kier alpha value is -3.35. The topological polar surface area (TPSA) is 97.5 Å². The Bertz CT molecular complexity index is 842. The fourth-order valence-electron chi connectivity index (χ4n) is 2.16. The van der Waals surface area contributed by atoms with Crippen molar-refractivity contribution in [1.82, 2.24) is 15.5 Å². The first-order valence-electron chi connectivity index (χ1n) is 7.72. The lowest BCUT2D eigenvalue weighted by Gasteiger charge is -2.06. The maximum absolute atomic E-state index is 10.8. The molecule has 0 saturated heterocycles. The molecule has 3 rings (SSSR count). The molecule has 3 aromatic rings. The number of carbonyl (C=O) groups excluding carboxylic acids is 1. The van der Waals surface area contributed by atoms with Crippen LogP contribution in [0.3, 0.4) is 0 Å². The fraction of sp³-hybridized carbons (Fsp3) is 0.167. The van der Waals surface area contributed by atoms with Gasteiger partial charge in [0.2, 0.25) is 11.7 Å². The molecule has 0 aliphatic rings. The van der Waals surface area contributed by atoms with Crippen molar-refractivity contribution in [2.75, 3.05) is 13.2 Å². The molecule has 2 aromatic carbocycles. The van der Waals surface area contributed by atoms with Crippen molar-refractivity contribution in [3.8, 4) is 34.3 Å². The largest absolute Gasteiger partial charge is 0.508 e. The number of phenolic OH excluding ortho intramolecular Hbond substituents is 1. The summed E-state index contributed by atoms with van der Waals surface area (Å²) in [6, 6.07) is 13.8.